The van der Waals surface area contributed by atoms with Gasteiger partial charge >= 0.3 is 0 Å². The third-order valence-corrected chi connectivity index (χ3v) is 12.6. The minimum Gasteiger partial charge on any atom is -0.311 e. The van der Waals surface area contributed by atoms with E-state index in [1.54, 1.807) is 0 Å². The summed E-state index contributed by atoms with van der Waals surface area (Å²) in [4.78, 5) is 20.7. The van der Waals surface area contributed by atoms with Crippen LogP contribution in [0.5, 0.6) is 0 Å². The van der Waals surface area contributed by atoms with Gasteiger partial charge in [0, 0.05) is 57.4 Å². The van der Waals surface area contributed by atoms with Crippen molar-refractivity contribution >= 4 is 115 Å². The number of fused-ring (bicyclic) bond motifs is 8. The van der Waals surface area contributed by atoms with E-state index >= 15 is 0 Å². The zero-order valence-electron chi connectivity index (χ0n) is 32.5. The van der Waals surface area contributed by atoms with E-state index in [4.69, 9.17) is 9.97 Å². The van der Waals surface area contributed by atoms with Gasteiger partial charge in [-0.05, 0) is 112 Å². The van der Waals surface area contributed by atoms with Crippen molar-refractivity contribution in [3.63, 3.8) is 0 Å². The normalized spacial score (nSPS) is 13.8. The molecule has 0 N–H and O–H groups in total. The van der Waals surface area contributed by atoms with Crippen molar-refractivity contribution in [3.8, 4) is 0 Å². The SMILES string of the molecule is c1ccc(N2c3ccccc3B3c4cc5c(nc4N(c4ccccc4)c4cccc2c43)N(c2ccccc2)c2ccnc3c2B5c2ccccc2N3c2ccccc2)cc1. The molecule has 0 saturated heterocycles. The number of pyridine rings is 2. The van der Waals surface area contributed by atoms with Crippen molar-refractivity contribution in [1.29, 1.82) is 0 Å². The van der Waals surface area contributed by atoms with E-state index in [0.29, 0.717) is 0 Å². The highest BCUT2D eigenvalue weighted by atomic mass is 15.3. The molecule has 0 fully saturated rings. The monoisotopic (exact) mass is 764 g/mol. The molecule has 2 aromatic heterocycles. The van der Waals surface area contributed by atoms with Crippen LogP contribution >= 0.6 is 0 Å². The topological polar surface area (TPSA) is 38.7 Å². The number of nitrogens with zero attached hydrogens (tertiary/aromatic N) is 6. The smallest absolute Gasteiger partial charge is 0.256 e. The summed E-state index contributed by atoms with van der Waals surface area (Å²) in [5.41, 5.74) is 17.3. The predicted molar refractivity (Wildman–Crippen MR) is 250 cm³/mol. The quantitative estimate of drug-likeness (QED) is 0.167. The summed E-state index contributed by atoms with van der Waals surface area (Å²) in [5.74, 6) is 2.80. The number of anilines is 12. The van der Waals surface area contributed by atoms with Gasteiger partial charge in [-0.2, -0.15) is 0 Å². The van der Waals surface area contributed by atoms with Crippen molar-refractivity contribution in [1.82, 2.24) is 9.97 Å². The Morgan fingerprint density at radius 3 is 1.22 bits per heavy atom. The molecule has 0 aliphatic carbocycles. The molecule has 0 radical (unpaired) electrons. The van der Waals surface area contributed by atoms with Gasteiger partial charge in [-0.1, -0.05) is 121 Å². The Balaban J connectivity index is 1.14. The summed E-state index contributed by atoms with van der Waals surface area (Å²) in [7, 11) is 0. The highest BCUT2D eigenvalue weighted by molar-refractivity contribution is 7.03. The molecule has 0 spiro atoms. The Kier molecular flexibility index (Phi) is 7.10. The molecule has 4 aliphatic heterocycles. The van der Waals surface area contributed by atoms with Gasteiger partial charge < -0.3 is 4.90 Å². The molecular formula is C52H34B2N6. The van der Waals surface area contributed by atoms with Crippen molar-refractivity contribution in [2.75, 3.05) is 19.6 Å². The Morgan fingerprint density at radius 1 is 0.300 bits per heavy atom. The first kappa shape index (κ1) is 33.2. The average molecular weight is 765 g/mol. The molecule has 7 aromatic carbocycles. The first-order valence-corrected chi connectivity index (χ1v) is 20.6. The lowest BCUT2D eigenvalue weighted by Gasteiger charge is -2.46. The molecule has 8 heteroatoms. The Bertz CT molecular complexity index is 2940. The zero-order chi connectivity index (χ0) is 39.3. The summed E-state index contributed by atoms with van der Waals surface area (Å²) < 4.78 is 0. The number of aromatic nitrogens is 2. The Labute approximate surface area is 349 Å². The zero-order valence-corrected chi connectivity index (χ0v) is 32.5. The molecule has 0 atom stereocenters. The van der Waals surface area contributed by atoms with Crippen LogP contribution in [0.1, 0.15) is 0 Å². The van der Waals surface area contributed by atoms with Gasteiger partial charge in [-0.3, -0.25) is 14.7 Å². The van der Waals surface area contributed by atoms with Crippen LogP contribution in [-0.4, -0.2) is 23.4 Å². The summed E-state index contributed by atoms with van der Waals surface area (Å²) in [6, 6.07) is 72.1. The van der Waals surface area contributed by atoms with Crippen LogP contribution in [0.2, 0.25) is 0 Å². The molecule has 9 aromatic rings. The summed E-state index contributed by atoms with van der Waals surface area (Å²) >= 11 is 0. The van der Waals surface area contributed by atoms with E-state index in [-0.39, 0.29) is 13.4 Å². The summed E-state index contributed by atoms with van der Waals surface area (Å²) in [6.45, 7) is -0.186. The maximum absolute atomic E-state index is 5.98. The van der Waals surface area contributed by atoms with Crippen molar-refractivity contribution in [2.45, 2.75) is 0 Å². The van der Waals surface area contributed by atoms with E-state index in [2.05, 4.69) is 220 Å². The van der Waals surface area contributed by atoms with E-state index in [1.807, 2.05) is 6.20 Å². The fourth-order valence-electron chi connectivity index (χ4n) is 10.3. The predicted octanol–water partition coefficient (Wildman–Crippen LogP) is 8.64. The van der Waals surface area contributed by atoms with Crippen molar-refractivity contribution in [3.05, 3.63) is 206 Å². The van der Waals surface area contributed by atoms with Gasteiger partial charge in [0.15, 0.2) is 0 Å². The van der Waals surface area contributed by atoms with Gasteiger partial charge in [-0.25, -0.2) is 9.97 Å². The van der Waals surface area contributed by atoms with Crippen LogP contribution in [0.3, 0.4) is 0 Å². The lowest BCUT2D eigenvalue weighted by atomic mass is 9.31. The highest BCUT2D eigenvalue weighted by Gasteiger charge is 2.49. The van der Waals surface area contributed by atoms with E-state index < -0.39 is 0 Å². The molecule has 0 unspecified atom stereocenters. The van der Waals surface area contributed by atoms with Crippen molar-refractivity contribution < 1.29 is 0 Å². The Hall–Kier alpha value is -7.83. The van der Waals surface area contributed by atoms with Crippen LogP contribution in [0.4, 0.5) is 68.6 Å². The maximum atomic E-state index is 5.98. The molecule has 6 heterocycles. The van der Waals surface area contributed by atoms with E-state index in [1.165, 1.54) is 38.7 Å². The number of benzene rings is 7. The number of rotatable bonds is 4. The number of hydrogen-bond acceptors (Lipinski definition) is 6. The summed E-state index contributed by atoms with van der Waals surface area (Å²) in [6.07, 6.45) is 1.96. The standard InChI is InChI=1S/C52H34B2N6/c1-5-18-35(19-6-1)57-43-28-15-13-26-39(43)53-41-34-42-51(56-50(41)59(37-22-9-3-10-23-37)46-31-17-30-45(57)48(46)53)60(38-24-11-4-12-25-38)47-32-33-55-52-49(47)54(42)40-27-14-16-29-44(40)58(52)36-20-7-2-8-21-36/h1-34H. The molecule has 13 rings (SSSR count). The van der Waals surface area contributed by atoms with Crippen molar-refractivity contribution in [2.24, 2.45) is 0 Å². The largest absolute Gasteiger partial charge is 0.311 e. The van der Waals surface area contributed by atoms with Gasteiger partial charge in [-0.15, -0.1) is 0 Å². The van der Waals surface area contributed by atoms with Crippen LogP contribution in [-0.2, 0) is 0 Å². The molecule has 278 valence electrons. The van der Waals surface area contributed by atoms with E-state index in [0.717, 1.165) is 62.7 Å². The molecule has 0 amide bonds. The van der Waals surface area contributed by atoms with Crippen LogP contribution in [0.15, 0.2) is 206 Å². The average Bonchev–Trinajstić information content (AvgIpc) is 3.32. The lowest BCUT2D eigenvalue weighted by molar-refractivity contribution is 1.13. The second kappa shape index (κ2) is 12.8. The molecular weight excluding hydrogens is 730 g/mol. The minimum atomic E-state index is -0.117. The highest BCUT2D eigenvalue weighted by Crippen LogP contribution is 2.46. The molecule has 60 heavy (non-hydrogen) atoms. The third-order valence-electron chi connectivity index (χ3n) is 12.6. The fraction of sp³-hybridized carbons (Fsp3) is 0. The molecule has 0 saturated carbocycles. The maximum Gasteiger partial charge on any atom is 0.256 e. The Morgan fingerprint density at radius 2 is 0.683 bits per heavy atom. The third kappa shape index (κ3) is 4.61. The first-order chi connectivity index (χ1) is 29.8. The van der Waals surface area contributed by atoms with E-state index in [9.17, 15) is 0 Å². The second-order valence-electron chi connectivity index (χ2n) is 15.8. The van der Waals surface area contributed by atoms with Crippen LogP contribution < -0.4 is 52.4 Å². The first-order valence-electron chi connectivity index (χ1n) is 20.6. The van der Waals surface area contributed by atoms with Gasteiger partial charge in [0.2, 0.25) is 0 Å². The van der Waals surface area contributed by atoms with Gasteiger partial charge in [0.1, 0.15) is 17.5 Å². The number of hydrogen-bond donors (Lipinski definition) is 0. The second-order valence-corrected chi connectivity index (χ2v) is 15.8. The molecule has 4 aliphatic rings. The van der Waals surface area contributed by atoms with Gasteiger partial charge in [0.05, 0.1) is 0 Å². The van der Waals surface area contributed by atoms with Crippen LogP contribution in [0, 0.1) is 0 Å². The van der Waals surface area contributed by atoms with Gasteiger partial charge in [0.25, 0.3) is 13.4 Å². The lowest BCUT2D eigenvalue weighted by Crippen LogP contribution is -2.65. The molecule has 0 bridgehead atoms. The van der Waals surface area contributed by atoms with Crippen LogP contribution in [0.25, 0.3) is 0 Å². The number of para-hydroxylation sites is 6. The summed E-state index contributed by atoms with van der Waals surface area (Å²) in [5, 5.41) is 0. The molecule has 6 nitrogen and oxygen atoms in total. The minimum absolute atomic E-state index is 0.0697. The fourth-order valence-corrected chi connectivity index (χ4v) is 10.3.